The number of H-pyrrole nitrogens is 1. The molecule has 0 spiro atoms. The summed E-state index contributed by atoms with van der Waals surface area (Å²) in [6, 6.07) is 22.6. The van der Waals surface area contributed by atoms with Crippen LogP contribution in [0.2, 0.25) is 0 Å². The van der Waals surface area contributed by atoms with Gasteiger partial charge in [0.25, 0.3) is 0 Å². The Morgan fingerprint density at radius 3 is 2.33 bits per heavy atom. The molecule has 286 valence electrons. The van der Waals surface area contributed by atoms with Crippen molar-refractivity contribution in [3.63, 3.8) is 0 Å². The minimum absolute atomic E-state index is 0.0363. The summed E-state index contributed by atoms with van der Waals surface area (Å²) in [5.74, 6) is -0.576. The highest BCUT2D eigenvalue weighted by atomic mass is 16.5. The number of likely N-dealkylation sites (tertiary alicyclic amines) is 1. The van der Waals surface area contributed by atoms with E-state index in [2.05, 4.69) is 25.6 Å². The average Bonchev–Trinajstić information content (AvgIpc) is 3.83. The van der Waals surface area contributed by atoms with E-state index < -0.39 is 47.7 Å². The number of pyridine rings is 1. The van der Waals surface area contributed by atoms with Gasteiger partial charge in [-0.1, -0.05) is 98.8 Å². The molecule has 12 nitrogen and oxygen atoms in total. The van der Waals surface area contributed by atoms with Gasteiger partial charge in [0.2, 0.25) is 11.8 Å². The van der Waals surface area contributed by atoms with Crippen LogP contribution in [0.15, 0.2) is 97.6 Å². The fraction of sp³-hybridized carbons (Fsp3) is 0.452. The first-order valence-corrected chi connectivity index (χ1v) is 19.2. The molecular formula is C42H52N6O6. The van der Waals surface area contributed by atoms with Crippen molar-refractivity contribution in [2.75, 3.05) is 6.54 Å². The smallest absolute Gasteiger partial charge is 0.408 e. The number of carbonyl (C=O) groups is 3. The van der Waals surface area contributed by atoms with E-state index in [4.69, 9.17) is 4.74 Å². The SMILES string of the molecule is O=C(NC1(Cc2ccccc2)CCN([C@@H](Cc2c[nH]cn2)C(=O)N[C@@H](CC2CCCCC2)[C@@H](O)[C@@H](O)CCc2ccccn2)C1=O)OCc1ccccc1. The molecule has 1 saturated heterocycles. The summed E-state index contributed by atoms with van der Waals surface area (Å²) in [7, 11) is 0. The van der Waals surface area contributed by atoms with Crippen LogP contribution in [-0.4, -0.2) is 84.3 Å². The first-order chi connectivity index (χ1) is 26.3. The number of aromatic amines is 1. The maximum atomic E-state index is 14.7. The highest BCUT2D eigenvalue weighted by Crippen LogP contribution is 2.32. The van der Waals surface area contributed by atoms with Crippen LogP contribution in [0.3, 0.4) is 0 Å². The quantitative estimate of drug-likeness (QED) is 0.104. The molecule has 1 saturated carbocycles. The number of nitrogens with zero attached hydrogens (tertiary/aromatic N) is 3. The number of amides is 3. The second-order valence-electron chi connectivity index (χ2n) is 14.7. The van der Waals surface area contributed by atoms with E-state index in [1.807, 2.05) is 78.9 Å². The normalized spacial score (nSPS) is 19.8. The fourth-order valence-electron chi connectivity index (χ4n) is 7.89. The minimum Gasteiger partial charge on any atom is -0.445 e. The van der Waals surface area contributed by atoms with E-state index in [1.165, 1.54) is 11.2 Å². The number of benzene rings is 2. The van der Waals surface area contributed by atoms with Crippen molar-refractivity contribution in [2.24, 2.45) is 5.92 Å². The zero-order valence-corrected chi connectivity index (χ0v) is 30.7. The topological polar surface area (TPSA) is 170 Å². The van der Waals surface area contributed by atoms with Gasteiger partial charge >= 0.3 is 6.09 Å². The van der Waals surface area contributed by atoms with Crippen LogP contribution in [0.4, 0.5) is 4.79 Å². The van der Waals surface area contributed by atoms with Crippen molar-refractivity contribution in [2.45, 2.75) is 107 Å². The average molecular weight is 737 g/mol. The van der Waals surface area contributed by atoms with Crippen LogP contribution < -0.4 is 10.6 Å². The summed E-state index contributed by atoms with van der Waals surface area (Å²) in [5.41, 5.74) is 1.67. The van der Waals surface area contributed by atoms with E-state index in [1.54, 1.807) is 12.4 Å². The lowest BCUT2D eigenvalue weighted by Gasteiger charge is -2.35. The van der Waals surface area contributed by atoms with Gasteiger partial charge in [-0.15, -0.1) is 0 Å². The van der Waals surface area contributed by atoms with Crippen LogP contribution in [-0.2, 0) is 40.2 Å². The van der Waals surface area contributed by atoms with Gasteiger partial charge in [-0.3, -0.25) is 14.6 Å². The molecule has 4 aromatic rings. The molecule has 3 amide bonds. The Hall–Kier alpha value is -5.07. The standard InChI is InChI=1S/C42H52N6O6/c49-37(20-19-33-18-10-11-22-44-33)38(50)35(24-30-12-4-1-5-13-30)46-39(51)36(25-34-27-43-29-45-34)48-23-21-42(40(48)52,26-31-14-6-2-7-15-31)47-41(53)54-28-32-16-8-3-9-17-32/h2-3,6-11,14-18,22,27,29-30,35-38,49-50H,1,4-5,12-13,19-21,23-26,28H2,(H,43,45)(H,46,51)(H,47,53)/t35-,36-,37-,38+,42?/m0/s1. The van der Waals surface area contributed by atoms with E-state index >= 15 is 0 Å². The molecule has 2 aliphatic rings. The monoisotopic (exact) mass is 736 g/mol. The van der Waals surface area contributed by atoms with Crippen molar-refractivity contribution < 1.29 is 29.3 Å². The first kappa shape index (κ1) is 38.6. The largest absolute Gasteiger partial charge is 0.445 e. The molecule has 5 atom stereocenters. The number of nitrogens with one attached hydrogen (secondary N) is 3. The molecule has 54 heavy (non-hydrogen) atoms. The highest BCUT2D eigenvalue weighted by molar-refractivity contribution is 5.96. The predicted octanol–water partition coefficient (Wildman–Crippen LogP) is 4.67. The third-order valence-corrected chi connectivity index (χ3v) is 10.9. The van der Waals surface area contributed by atoms with Gasteiger partial charge in [-0.2, -0.15) is 0 Å². The van der Waals surface area contributed by atoms with Crippen LogP contribution >= 0.6 is 0 Å². The number of alkyl carbamates (subject to hydrolysis) is 1. The lowest BCUT2D eigenvalue weighted by Crippen LogP contribution is -2.60. The summed E-state index contributed by atoms with van der Waals surface area (Å²) < 4.78 is 5.58. The number of ether oxygens (including phenoxy) is 1. The molecule has 6 rings (SSSR count). The highest BCUT2D eigenvalue weighted by Gasteiger charge is 2.51. The maximum absolute atomic E-state index is 14.7. The second-order valence-corrected chi connectivity index (χ2v) is 14.7. The molecule has 3 heterocycles. The summed E-state index contributed by atoms with van der Waals surface area (Å²) in [4.78, 5) is 55.8. The van der Waals surface area contributed by atoms with Gasteiger partial charge in [0.15, 0.2) is 0 Å². The Kier molecular flexibility index (Phi) is 13.5. The number of aromatic nitrogens is 3. The predicted molar refractivity (Wildman–Crippen MR) is 203 cm³/mol. The number of aliphatic hydroxyl groups excluding tert-OH is 2. The van der Waals surface area contributed by atoms with Gasteiger partial charge in [-0.25, -0.2) is 9.78 Å². The maximum Gasteiger partial charge on any atom is 0.408 e. The Labute approximate surface area is 316 Å². The van der Waals surface area contributed by atoms with Crippen molar-refractivity contribution >= 4 is 17.9 Å². The van der Waals surface area contributed by atoms with Gasteiger partial charge in [0.1, 0.15) is 24.3 Å². The molecule has 2 fully saturated rings. The summed E-state index contributed by atoms with van der Waals surface area (Å²) >= 11 is 0. The minimum atomic E-state index is -1.37. The third-order valence-electron chi connectivity index (χ3n) is 10.9. The molecule has 1 aliphatic carbocycles. The molecule has 1 aliphatic heterocycles. The van der Waals surface area contributed by atoms with Crippen LogP contribution in [0.1, 0.15) is 73.9 Å². The Balaban J connectivity index is 1.23. The summed E-state index contributed by atoms with van der Waals surface area (Å²) in [6.07, 6.45) is 8.91. The van der Waals surface area contributed by atoms with Gasteiger partial charge in [0, 0.05) is 37.5 Å². The Morgan fingerprint density at radius 2 is 1.65 bits per heavy atom. The molecular weight excluding hydrogens is 684 g/mol. The van der Waals surface area contributed by atoms with Crippen molar-refractivity contribution in [1.82, 2.24) is 30.5 Å². The zero-order chi connectivity index (χ0) is 37.8. The summed E-state index contributed by atoms with van der Waals surface area (Å²) in [5, 5.41) is 28.9. The van der Waals surface area contributed by atoms with Crippen LogP contribution in [0, 0.1) is 5.92 Å². The molecule has 5 N–H and O–H groups in total. The van der Waals surface area contributed by atoms with Crippen LogP contribution in [0.5, 0.6) is 0 Å². The Morgan fingerprint density at radius 1 is 0.926 bits per heavy atom. The molecule has 2 aromatic carbocycles. The lowest BCUT2D eigenvalue weighted by molar-refractivity contribution is -0.141. The van der Waals surface area contributed by atoms with Crippen molar-refractivity contribution in [3.8, 4) is 0 Å². The van der Waals surface area contributed by atoms with E-state index in [9.17, 15) is 24.6 Å². The number of rotatable bonds is 17. The zero-order valence-electron chi connectivity index (χ0n) is 30.7. The number of carbonyl (C=O) groups excluding carboxylic acids is 3. The van der Waals surface area contributed by atoms with E-state index in [0.29, 0.717) is 18.5 Å². The van der Waals surface area contributed by atoms with Crippen LogP contribution in [0.25, 0.3) is 0 Å². The van der Waals surface area contributed by atoms with Gasteiger partial charge < -0.3 is 35.5 Å². The molecule has 12 heteroatoms. The number of imidazole rings is 1. The second kappa shape index (κ2) is 18.8. The number of aliphatic hydroxyl groups is 2. The molecule has 0 bridgehead atoms. The third kappa shape index (κ3) is 10.3. The van der Waals surface area contributed by atoms with Gasteiger partial charge in [0.05, 0.1) is 24.2 Å². The number of hydrogen-bond acceptors (Lipinski definition) is 8. The van der Waals surface area contributed by atoms with Crippen molar-refractivity contribution in [1.29, 1.82) is 0 Å². The molecule has 1 unspecified atom stereocenters. The fourth-order valence-corrected chi connectivity index (χ4v) is 7.89. The number of aryl methyl sites for hydroxylation is 1. The molecule has 2 aromatic heterocycles. The summed E-state index contributed by atoms with van der Waals surface area (Å²) in [6.45, 7) is 0.226. The lowest BCUT2D eigenvalue weighted by atomic mass is 9.82. The van der Waals surface area contributed by atoms with E-state index in [0.717, 1.165) is 48.9 Å². The molecule has 0 radical (unpaired) electrons. The first-order valence-electron chi connectivity index (χ1n) is 19.2. The van der Waals surface area contributed by atoms with Gasteiger partial charge in [-0.05, 0) is 54.9 Å². The number of hydrogen-bond donors (Lipinski definition) is 5. The van der Waals surface area contributed by atoms with E-state index in [-0.39, 0.29) is 44.8 Å². The Bertz CT molecular complexity index is 1760. The van der Waals surface area contributed by atoms with Crippen molar-refractivity contribution in [3.05, 3.63) is 120 Å².